The number of aryl methyl sites for hydroxylation is 1. The first-order valence-electron chi connectivity index (χ1n) is 10.7. The number of nitrogens with one attached hydrogen (secondary N) is 1. The highest BCUT2D eigenvalue weighted by Gasteiger charge is 2.28. The summed E-state index contributed by atoms with van der Waals surface area (Å²) in [6, 6.07) is 14.8. The lowest BCUT2D eigenvalue weighted by Gasteiger charge is -2.26. The minimum absolute atomic E-state index is 0.244. The molecule has 10 heteroatoms. The molecule has 3 aromatic rings. The molecule has 0 aliphatic carbocycles. The zero-order chi connectivity index (χ0) is 22.8. The van der Waals surface area contributed by atoms with E-state index < -0.39 is 10.0 Å². The van der Waals surface area contributed by atoms with E-state index in [1.165, 1.54) is 4.31 Å². The standard InChI is InChI=1S/C23H24N4O5S/c1-16-2-4-18(13-22(16)33(28,29)27-8-10-30-11-9-27)19-5-7-23(26-25-19)24-14-17-3-6-20-21(12-17)32-15-31-20/h2-7,12-13H,8-11,14-15H2,1H3,(H,24,26). The van der Waals surface area contributed by atoms with Gasteiger partial charge in [0.2, 0.25) is 16.8 Å². The first kappa shape index (κ1) is 21.6. The van der Waals surface area contributed by atoms with Crippen molar-refractivity contribution in [2.45, 2.75) is 18.4 Å². The van der Waals surface area contributed by atoms with Gasteiger partial charge in [0.25, 0.3) is 0 Å². The van der Waals surface area contributed by atoms with Crippen LogP contribution in [0.4, 0.5) is 5.82 Å². The second-order valence-electron chi connectivity index (χ2n) is 7.84. The van der Waals surface area contributed by atoms with Gasteiger partial charge in [-0.15, -0.1) is 10.2 Å². The average molecular weight is 469 g/mol. The summed E-state index contributed by atoms with van der Waals surface area (Å²) in [5, 5.41) is 11.8. The molecular formula is C23H24N4O5S. The summed E-state index contributed by atoms with van der Waals surface area (Å²) < 4.78 is 43.8. The molecule has 0 amide bonds. The van der Waals surface area contributed by atoms with Crippen molar-refractivity contribution in [1.82, 2.24) is 14.5 Å². The summed E-state index contributed by atoms with van der Waals surface area (Å²) in [5.41, 5.74) is 3.02. The maximum Gasteiger partial charge on any atom is 0.243 e. The fourth-order valence-electron chi connectivity index (χ4n) is 3.79. The average Bonchev–Trinajstić information content (AvgIpc) is 3.32. The fourth-order valence-corrected chi connectivity index (χ4v) is 5.45. The van der Waals surface area contributed by atoms with Crippen LogP contribution in [0.3, 0.4) is 0 Å². The van der Waals surface area contributed by atoms with Crippen molar-refractivity contribution in [3.05, 3.63) is 59.7 Å². The molecule has 2 aliphatic rings. The van der Waals surface area contributed by atoms with Crippen LogP contribution in [-0.2, 0) is 21.3 Å². The van der Waals surface area contributed by atoms with Crippen LogP contribution in [0.2, 0.25) is 0 Å². The quantitative estimate of drug-likeness (QED) is 0.589. The maximum atomic E-state index is 13.1. The van der Waals surface area contributed by atoms with Crippen LogP contribution in [0.15, 0.2) is 53.4 Å². The van der Waals surface area contributed by atoms with Crippen LogP contribution in [0.25, 0.3) is 11.3 Å². The molecule has 0 spiro atoms. The van der Waals surface area contributed by atoms with Crippen molar-refractivity contribution in [3.8, 4) is 22.8 Å². The molecule has 9 nitrogen and oxygen atoms in total. The number of benzene rings is 2. The number of sulfonamides is 1. The van der Waals surface area contributed by atoms with Gasteiger partial charge in [-0.05, 0) is 48.4 Å². The van der Waals surface area contributed by atoms with Crippen LogP contribution in [-0.4, -0.2) is 56.0 Å². The molecule has 1 N–H and O–H groups in total. The van der Waals surface area contributed by atoms with Crippen LogP contribution < -0.4 is 14.8 Å². The molecule has 0 bridgehead atoms. The number of fused-ring (bicyclic) bond motifs is 1. The molecule has 0 atom stereocenters. The van der Waals surface area contributed by atoms with E-state index in [-0.39, 0.29) is 11.7 Å². The van der Waals surface area contributed by atoms with Crippen molar-refractivity contribution < 1.29 is 22.6 Å². The lowest BCUT2D eigenvalue weighted by Crippen LogP contribution is -2.40. The zero-order valence-corrected chi connectivity index (χ0v) is 19.0. The first-order valence-corrected chi connectivity index (χ1v) is 12.1. The molecule has 0 unspecified atom stereocenters. The van der Waals surface area contributed by atoms with Gasteiger partial charge in [0.05, 0.1) is 23.8 Å². The number of nitrogens with zero attached hydrogens (tertiary/aromatic N) is 3. The molecule has 33 heavy (non-hydrogen) atoms. The summed E-state index contributed by atoms with van der Waals surface area (Å²) in [4.78, 5) is 0.286. The fraction of sp³-hybridized carbons (Fsp3) is 0.304. The molecule has 2 aromatic carbocycles. The Kier molecular flexibility index (Phi) is 5.88. The van der Waals surface area contributed by atoms with Crippen molar-refractivity contribution in [2.24, 2.45) is 0 Å². The Morgan fingerprint density at radius 3 is 2.58 bits per heavy atom. The second kappa shape index (κ2) is 8.97. The Morgan fingerprint density at radius 2 is 1.79 bits per heavy atom. The SMILES string of the molecule is Cc1ccc(-c2ccc(NCc3ccc4c(c3)OCO4)nn2)cc1S(=O)(=O)N1CCOCC1. The number of morpholine rings is 1. The van der Waals surface area contributed by atoms with Gasteiger partial charge in [0.1, 0.15) is 5.82 Å². The van der Waals surface area contributed by atoms with E-state index in [4.69, 9.17) is 14.2 Å². The summed E-state index contributed by atoms with van der Waals surface area (Å²) in [5.74, 6) is 2.10. The molecule has 172 valence electrons. The van der Waals surface area contributed by atoms with Gasteiger partial charge in [0.15, 0.2) is 11.5 Å². The Bertz CT molecular complexity index is 1260. The molecule has 0 saturated carbocycles. The molecule has 3 heterocycles. The van der Waals surface area contributed by atoms with Crippen molar-refractivity contribution in [3.63, 3.8) is 0 Å². The highest BCUT2D eigenvalue weighted by atomic mass is 32.2. The van der Waals surface area contributed by atoms with Crippen LogP contribution in [0.1, 0.15) is 11.1 Å². The monoisotopic (exact) mass is 468 g/mol. The highest BCUT2D eigenvalue weighted by molar-refractivity contribution is 7.89. The molecule has 2 aliphatic heterocycles. The molecule has 1 saturated heterocycles. The Labute approximate surface area is 192 Å². The number of rotatable bonds is 6. The van der Waals surface area contributed by atoms with Gasteiger partial charge in [-0.1, -0.05) is 18.2 Å². The topological polar surface area (TPSA) is 103 Å². The third kappa shape index (κ3) is 4.50. The molecular weight excluding hydrogens is 444 g/mol. The van der Waals surface area contributed by atoms with Gasteiger partial charge >= 0.3 is 0 Å². The van der Waals surface area contributed by atoms with E-state index in [9.17, 15) is 8.42 Å². The van der Waals surface area contributed by atoms with Gasteiger partial charge in [0, 0.05) is 25.2 Å². The van der Waals surface area contributed by atoms with E-state index in [2.05, 4.69) is 15.5 Å². The van der Waals surface area contributed by atoms with Crippen LogP contribution >= 0.6 is 0 Å². The first-order chi connectivity index (χ1) is 16.0. The normalized spacial score (nSPS) is 16.0. The number of hydrogen-bond acceptors (Lipinski definition) is 8. The van der Waals surface area contributed by atoms with Crippen LogP contribution in [0, 0.1) is 6.92 Å². The summed E-state index contributed by atoms with van der Waals surface area (Å²) in [6.07, 6.45) is 0. The zero-order valence-electron chi connectivity index (χ0n) is 18.2. The lowest BCUT2D eigenvalue weighted by molar-refractivity contribution is 0.0730. The van der Waals surface area contributed by atoms with Crippen LogP contribution in [0.5, 0.6) is 11.5 Å². The van der Waals surface area contributed by atoms with E-state index >= 15 is 0 Å². The number of anilines is 1. The van der Waals surface area contributed by atoms with E-state index in [1.54, 1.807) is 19.1 Å². The minimum atomic E-state index is -3.60. The summed E-state index contributed by atoms with van der Waals surface area (Å²) >= 11 is 0. The van der Waals surface area contributed by atoms with Gasteiger partial charge in [-0.3, -0.25) is 0 Å². The second-order valence-corrected chi connectivity index (χ2v) is 9.75. The number of ether oxygens (including phenoxy) is 3. The largest absolute Gasteiger partial charge is 0.454 e. The predicted octanol–water partition coefficient (Wildman–Crippen LogP) is 2.81. The van der Waals surface area contributed by atoms with Gasteiger partial charge in [-0.2, -0.15) is 4.31 Å². The molecule has 1 aromatic heterocycles. The minimum Gasteiger partial charge on any atom is -0.454 e. The van der Waals surface area contributed by atoms with Crippen molar-refractivity contribution >= 4 is 15.8 Å². The van der Waals surface area contributed by atoms with Gasteiger partial charge < -0.3 is 19.5 Å². The smallest absolute Gasteiger partial charge is 0.243 e. The highest BCUT2D eigenvalue weighted by Crippen LogP contribution is 2.32. The van der Waals surface area contributed by atoms with Crippen molar-refractivity contribution in [1.29, 1.82) is 0 Å². The molecule has 5 rings (SSSR count). The summed E-state index contributed by atoms with van der Waals surface area (Å²) in [7, 11) is -3.60. The van der Waals surface area contributed by atoms with Gasteiger partial charge in [-0.25, -0.2) is 8.42 Å². The number of aromatic nitrogens is 2. The Balaban J connectivity index is 1.31. The Morgan fingerprint density at radius 1 is 0.970 bits per heavy atom. The van der Waals surface area contributed by atoms with Crippen molar-refractivity contribution in [2.75, 3.05) is 38.4 Å². The third-order valence-corrected chi connectivity index (χ3v) is 7.69. The Hall–Kier alpha value is -3.21. The number of hydrogen-bond donors (Lipinski definition) is 1. The maximum absolute atomic E-state index is 13.1. The third-order valence-electron chi connectivity index (χ3n) is 5.65. The lowest BCUT2D eigenvalue weighted by atomic mass is 10.1. The molecule has 1 fully saturated rings. The predicted molar refractivity (Wildman–Crippen MR) is 122 cm³/mol. The molecule has 0 radical (unpaired) electrons. The van der Waals surface area contributed by atoms with E-state index in [0.29, 0.717) is 55.5 Å². The van der Waals surface area contributed by atoms with E-state index in [0.717, 1.165) is 17.1 Å². The van der Waals surface area contributed by atoms with E-state index in [1.807, 2.05) is 36.4 Å². The summed E-state index contributed by atoms with van der Waals surface area (Å²) in [6.45, 7) is 4.12.